The van der Waals surface area contributed by atoms with Gasteiger partial charge in [0, 0.05) is 55.9 Å². The maximum atomic E-state index is 12.3. The number of carbonyl (C=O) groups excluding carboxylic acids is 1. The Kier molecular flexibility index (Phi) is 6.02. The number of rotatable bonds is 4. The minimum absolute atomic E-state index is 0. The van der Waals surface area contributed by atoms with E-state index in [0.717, 1.165) is 50.5 Å². The Morgan fingerprint density at radius 1 is 1.48 bits per heavy atom. The molecule has 1 saturated heterocycles. The standard InChI is InChI=1S/C15H25N5O2.ClH/c1-15(2)10-22-8-7-20(15)6-5-17-14(21)13-11-9-16-4-3-12(11)18-19-13;/h16H,3-10H2,1-2H3,(H,17,21)(H,18,19);1H. The van der Waals surface area contributed by atoms with E-state index < -0.39 is 0 Å². The summed E-state index contributed by atoms with van der Waals surface area (Å²) < 4.78 is 5.51. The molecule has 8 heteroatoms. The molecule has 130 valence electrons. The molecule has 7 nitrogen and oxygen atoms in total. The maximum absolute atomic E-state index is 12.3. The maximum Gasteiger partial charge on any atom is 0.272 e. The number of nitrogens with one attached hydrogen (secondary N) is 3. The van der Waals surface area contributed by atoms with Gasteiger partial charge in [-0.25, -0.2) is 0 Å². The van der Waals surface area contributed by atoms with E-state index in [2.05, 4.69) is 39.6 Å². The number of aromatic nitrogens is 2. The fraction of sp³-hybridized carbons (Fsp3) is 0.733. The lowest BCUT2D eigenvalue weighted by atomic mass is 10.0. The van der Waals surface area contributed by atoms with E-state index in [4.69, 9.17) is 4.74 Å². The van der Waals surface area contributed by atoms with Crippen LogP contribution >= 0.6 is 12.4 Å². The number of hydrogen-bond acceptors (Lipinski definition) is 5. The molecule has 3 heterocycles. The van der Waals surface area contributed by atoms with Gasteiger partial charge < -0.3 is 15.4 Å². The molecule has 0 spiro atoms. The van der Waals surface area contributed by atoms with Crippen LogP contribution in [0, 0.1) is 0 Å². The number of halogens is 1. The van der Waals surface area contributed by atoms with E-state index in [1.54, 1.807) is 0 Å². The van der Waals surface area contributed by atoms with Gasteiger partial charge in [0.15, 0.2) is 5.69 Å². The molecule has 1 amide bonds. The molecule has 1 fully saturated rings. The Morgan fingerprint density at radius 2 is 2.30 bits per heavy atom. The van der Waals surface area contributed by atoms with Crippen molar-refractivity contribution in [3.63, 3.8) is 0 Å². The second-order valence-corrected chi connectivity index (χ2v) is 6.56. The molecule has 3 rings (SSSR count). The molecule has 3 N–H and O–H groups in total. The van der Waals surface area contributed by atoms with Crippen molar-refractivity contribution >= 4 is 18.3 Å². The van der Waals surface area contributed by atoms with E-state index in [9.17, 15) is 4.79 Å². The van der Waals surface area contributed by atoms with Crippen LogP contribution in [0.2, 0.25) is 0 Å². The van der Waals surface area contributed by atoms with Crippen molar-refractivity contribution in [3.05, 3.63) is 17.0 Å². The first-order valence-electron chi connectivity index (χ1n) is 7.96. The monoisotopic (exact) mass is 343 g/mol. The van der Waals surface area contributed by atoms with Crippen molar-refractivity contribution in [2.75, 3.05) is 39.4 Å². The smallest absolute Gasteiger partial charge is 0.272 e. The van der Waals surface area contributed by atoms with Gasteiger partial charge >= 0.3 is 0 Å². The zero-order chi connectivity index (χ0) is 15.6. The normalized spacial score (nSPS) is 20.4. The molecule has 1 aromatic rings. The second kappa shape index (κ2) is 7.61. The summed E-state index contributed by atoms with van der Waals surface area (Å²) in [4.78, 5) is 14.7. The topological polar surface area (TPSA) is 82.3 Å². The molecule has 0 atom stereocenters. The number of hydrogen-bond donors (Lipinski definition) is 3. The van der Waals surface area contributed by atoms with Crippen LogP contribution in [0.15, 0.2) is 0 Å². The highest BCUT2D eigenvalue weighted by atomic mass is 35.5. The number of amides is 1. The minimum atomic E-state index is -0.0905. The van der Waals surface area contributed by atoms with E-state index in [0.29, 0.717) is 18.8 Å². The van der Waals surface area contributed by atoms with Gasteiger partial charge in [0.25, 0.3) is 5.91 Å². The molecule has 2 aliphatic heterocycles. The number of nitrogens with zero attached hydrogens (tertiary/aromatic N) is 2. The quantitative estimate of drug-likeness (QED) is 0.733. The summed E-state index contributed by atoms with van der Waals surface area (Å²) >= 11 is 0. The molecular weight excluding hydrogens is 318 g/mol. The van der Waals surface area contributed by atoms with Crippen molar-refractivity contribution in [2.45, 2.75) is 32.4 Å². The van der Waals surface area contributed by atoms with Gasteiger partial charge in [-0.05, 0) is 13.8 Å². The molecule has 0 aliphatic carbocycles. The number of morpholine rings is 1. The van der Waals surface area contributed by atoms with E-state index >= 15 is 0 Å². The lowest BCUT2D eigenvalue weighted by Crippen LogP contribution is -2.54. The number of carbonyl (C=O) groups is 1. The largest absolute Gasteiger partial charge is 0.378 e. The third-order valence-electron chi connectivity index (χ3n) is 4.51. The summed E-state index contributed by atoms with van der Waals surface area (Å²) in [5, 5.41) is 13.4. The lowest BCUT2D eigenvalue weighted by Gasteiger charge is -2.42. The average Bonchev–Trinajstić information content (AvgIpc) is 2.92. The summed E-state index contributed by atoms with van der Waals surface area (Å²) in [7, 11) is 0. The highest BCUT2D eigenvalue weighted by molar-refractivity contribution is 5.94. The molecule has 23 heavy (non-hydrogen) atoms. The number of aromatic amines is 1. The minimum Gasteiger partial charge on any atom is -0.378 e. The third kappa shape index (κ3) is 4.03. The summed E-state index contributed by atoms with van der Waals surface area (Å²) in [5.74, 6) is -0.0905. The fourth-order valence-corrected chi connectivity index (χ4v) is 3.11. The van der Waals surface area contributed by atoms with Gasteiger partial charge in [0.1, 0.15) is 0 Å². The molecule has 0 saturated carbocycles. The van der Waals surface area contributed by atoms with Crippen LogP contribution < -0.4 is 10.6 Å². The number of H-pyrrole nitrogens is 1. The lowest BCUT2D eigenvalue weighted by molar-refractivity contribution is -0.0498. The summed E-state index contributed by atoms with van der Waals surface area (Å²) in [6.45, 7) is 9.84. The SMILES string of the molecule is CC1(C)COCCN1CCNC(=O)c1n[nH]c2c1CNCC2.Cl. The molecular formula is C15H26ClN5O2. The van der Waals surface area contributed by atoms with Crippen molar-refractivity contribution in [1.29, 1.82) is 0 Å². The van der Waals surface area contributed by atoms with Gasteiger partial charge in [-0.15, -0.1) is 12.4 Å². The molecule has 0 bridgehead atoms. The summed E-state index contributed by atoms with van der Waals surface area (Å²) in [5.41, 5.74) is 2.65. The average molecular weight is 344 g/mol. The highest BCUT2D eigenvalue weighted by Crippen LogP contribution is 2.18. The predicted octanol–water partition coefficient (Wildman–Crippen LogP) is 0.318. The molecule has 0 radical (unpaired) electrons. The number of ether oxygens (including phenoxy) is 1. The van der Waals surface area contributed by atoms with Gasteiger partial charge in [-0.1, -0.05) is 0 Å². The van der Waals surface area contributed by atoms with Crippen LogP contribution in [0.5, 0.6) is 0 Å². The third-order valence-corrected chi connectivity index (χ3v) is 4.51. The van der Waals surface area contributed by atoms with Crippen molar-refractivity contribution in [2.24, 2.45) is 0 Å². The van der Waals surface area contributed by atoms with Gasteiger partial charge in [-0.2, -0.15) is 5.10 Å². The molecule has 0 unspecified atom stereocenters. The van der Waals surface area contributed by atoms with Crippen molar-refractivity contribution < 1.29 is 9.53 Å². The zero-order valence-corrected chi connectivity index (χ0v) is 14.6. The molecule has 2 aliphatic rings. The predicted molar refractivity (Wildman–Crippen MR) is 90.1 cm³/mol. The van der Waals surface area contributed by atoms with Crippen LogP contribution in [-0.4, -0.2) is 65.9 Å². The zero-order valence-electron chi connectivity index (χ0n) is 13.8. The van der Waals surface area contributed by atoms with E-state index in [1.807, 2.05) is 0 Å². The first-order chi connectivity index (χ1) is 10.6. The molecule has 0 aromatic carbocycles. The van der Waals surface area contributed by atoms with Gasteiger partial charge in [-0.3, -0.25) is 14.8 Å². The summed E-state index contributed by atoms with van der Waals surface area (Å²) in [6.07, 6.45) is 0.900. The van der Waals surface area contributed by atoms with Crippen LogP contribution in [0.25, 0.3) is 0 Å². The first kappa shape index (κ1) is 18.2. The van der Waals surface area contributed by atoms with E-state index in [-0.39, 0.29) is 23.9 Å². The Bertz CT molecular complexity index is 546. The Labute approximate surface area is 142 Å². The van der Waals surface area contributed by atoms with Crippen LogP contribution in [0.3, 0.4) is 0 Å². The fourth-order valence-electron chi connectivity index (χ4n) is 3.11. The van der Waals surface area contributed by atoms with Gasteiger partial charge in [0.2, 0.25) is 0 Å². The van der Waals surface area contributed by atoms with Crippen LogP contribution in [0.4, 0.5) is 0 Å². The van der Waals surface area contributed by atoms with Crippen molar-refractivity contribution in [3.8, 4) is 0 Å². The number of fused-ring (bicyclic) bond motifs is 1. The van der Waals surface area contributed by atoms with E-state index in [1.165, 1.54) is 0 Å². The highest BCUT2D eigenvalue weighted by Gasteiger charge is 2.30. The van der Waals surface area contributed by atoms with Crippen molar-refractivity contribution in [1.82, 2.24) is 25.7 Å². The van der Waals surface area contributed by atoms with Crippen LogP contribution in [0.1, 0.15) is 35.6 Å². The summed E-state index contributed by atoms with van der Waals surface area (Å²) in [6, 6.07) is 0. The second-order valence-electron chi connectivity index (χ2n) is 6.56. The van der Waals surface area contributed by atoms with Crippen LogP contribution in [-0.2, 0) is 17.7 Å². The Hall–Kier alpha value is -1.15. The van der Waals surface area contributed by atoms with Gasteiger partial charge in [0.05, 0.1) is 13.2 Å². The first-order valence-corrected chi connectivity index (χ1v) is 7.96. The molecule has 1 aromatic heterocycles. The Morgan fingerprint density at radius 3 is 3.09 bits per heavy atom. The Balaban J connectivity index is 0.00000192.